The second-order valence-electron chi connectivity index (χ2n) is 7.68. The molecule has 0 atom stereocenters. The minimum atomic E-state index is 0.302. The molecular weight excluding hydrogens is 372 g/mol. The standard InChI is InChI=1S/C20H34N6OS/c1-16-24-18(15-28-16)7-8-22-20(21-2)23-9-10-25-11-13-26(14-12-25)19(27)17-5-3-4-6-17/h15,17H,3-14H2,1-2H3,(H2,21,22,23). The molecule has 1 saturated carbocycles. The van der Waals surface area contributed by atoms with Crippen LogP contribution in [0.5, 0.6) is 0 Å². The topological polar surface area (TPSA) is 72.9 Å². The van der Waals surface area contributed by atoms with Crippen LogP contribution in [0.3, 0.4) is 0 Å². The summed E-state index contributed by atoms with van der Waals surface area (Å²) in [7, 11) is 1.80. The molecule has 156 valence electrons. The zero-order chi connectivity index (χ0) is 19.8. The Kier molecular flexibility index (Phi) is 8.09. The quantitative estimate of drug-likeness (QED) is 0.530. The van der Waals surface area contributed by atoms with E-state index in [2.05, 4.69) is 35.8 Å². The molecular formula is C20H34N6OS. The van der Waals surface area contributed by atoms with Crippen LogP contribution in [0, 0.1) is 12.8 Å². The number of nitrogens with one attached hydrogen (secondary N) is 2. The molecule has 1 aromatic heterocycles. The number of aryl methyl sites for hydroxylation is 1. The highest BCUT2D eigenvalue weighted by atomic mass is 32.1. The molecule has 0 bridgehead atoms. The molecule has 2 aliphatic rings. The van der Waals surface area contributed by atoms with Crippen molar-refractivity contribution in [2.75, 3.05) is 52.9 Å². The third-order valence-electron chi connectivity index (χ3n) is 5.67. The number of carbonyl (C=O) groups excluding carboxylic acids is 1. The summed E-state index contributed by atoms with van der Waals surface area (Å²) in [6.07, 6.45) is 5.54. The number of carbonyl (C=O) groups is 1. The maximum atomic E-state index is 12.5. The second kappa shape index (κ2) is 10.8. The van der Waals surface area contributed by atoms with E-state index in [9.17, 15) is 4.79 Å². The normalized spacial score (nSPS) is 19.2. The molecule has 1 aliphatic heterocycles. The Bertz CT molecular complexity index is 647. The molecule has 0 spiro atoms. The Hall–Kier alpha value is -1.67. The molecule has 1 amide bonds. The minimum absolute atomic E-state index is 0.302. The molecule has 0 radical (unpaired) electrons. The van der Waals surface area contributed by atoms with Crippen molar-refractivity contribution in [1.82, 2.24) is 25.4 Å². The fourth-order valence-corrected chi connectivity index (χ4v) is 4.66. The van der Waals surface area contributed by atoms with Crippen LogP contribution in [0.15, 0.2) is 10.4 Å². The van der Waals surface area contributed by atoms with Crippen LogP contribution in [-0.4, -0.2) is 79.5 Å². The van der Waals surface area contributed by atoms with E-state index in [0.717, 1.165) is 81.7 Å². The number of nitrogens with zero attached hydrogens (tertiary/aromatic N) is 4. The Morgan fingerprint density at radius 3 is 2.57 bits per heavy atom. The largest absolute Gasteiger partial charge is 0.356 e. The van der Waals surface area contributed by atoms with E-state index in [1.165, 1.54) is 12.8 Å². The average molecular weight is 407 g/mol. The van der Waals surface area contributed by atoms with Crippen LogP contribution in [-0.2, 0) is 11.2 Å². The Morgan fingerprint density at radius 1 is 1.21 bits per heavy atom. The van der Waals surface area contributed by atoms with Gasteiger partial charge in [-0.25, -0.2) is 4.98 Å². The highest BCUT2D eigenvalue weighted by molar-refractivity contribution is 7.09. The van der Waals surface area contributed by atoms with Crippen molar-refractivity contribution in [2.24, 2.45) is 10.9 Å². The smallest absolute Gasteiger partial charge is 0.225 e. The molecule has 1 aromatic rings. The van der Waals surface area contributed by atoms with Crippen LogP contribution in [0.4, 0.5) is 0 Å². The number of hydrogen-bond donors (Lipinski definition) is 2. The number of aromatic nitrogens is 1. The number of guanidine groups is 1. The van der Waals surface area contributed by atoms with E-state index < -0.39 is 0 Å². The van der Waals surface area contributed by atoms with Crippen molar-refractivity contribution < 1.29 is 4.79 Å². The maximum Gasteiger partial charge on any atom is 0.225 e. The fraction of sp³-hybridized carbons (Fsp3) is 0.750. The Balaban J connectivity index is 1.28. The van der Waals surface area contributed by atoms with E-state index in [4.69, 9.17) is 0 Å². The predicted octanol–water partition coefficient (Wildman–Crippen LogP) is 1.49. The van der Waals surface area contributed by atoms with Gasteiger partial charge in [0.15, 0.2) is 5.96 Å². The van der Waals surface area contributed by atoms with Gasteiger partial charge in [-0.15, -0.1) is 11.3 Å². The first-order valence-corrected chi connectivity index (χ1v) is 11.4. The molecule has 28 heavy (non-hydrogen) atoms. The summed E-state index contributed by atoms with van der Waals surface area (Å²) in [5.74, 6) is 1.54. The lowest BCUT2D eigenvalue weighted by atomic mass is 10.1. The fourth-order valence-electron chi connectivity index (χ4n) is 4.01. The molecule has 0 aromatic carbocycles. The number of aliphatic imine (C=N–C) groups is 1. The maximum absolute atomic E-state index is 12.5. The van der Waals surface area contributed by atoms with Gasteiger partial charge in [0.1, 0.15) is 0 Å². The lowest BCUT2D eigenvalue weighted by Gasteiger charge is -2.36. The summed E-state index contributed by atoms with van der Waals surface area (Å²) in [5, 5.41) is 9.96. The van der Waals surface area contributed by atoms with Gasteiger partial charge in [0, 0.05) is 70.6 Å². The second-order valence-corrected chi connectivity index (χ2v) is 8.74. The van der Waals surface area contributed by atoms with Gasteiger partial charge in [0.05, 0.1) is 10.7 Å². The highest BCUT2D eigenvalue weighted by Gasteiger charge is 2.29. The molecule has 0 unspecified atom stereocenters. The molecule has 2 heterocycles. The number of amides is 1. The zero-order valence-electron chi connectivity index (χ0n) is 17.2. The first-order valence-electron chi connectivity index (χ1n) is 10.5. The summed E-state index contributed by atoms with van der Waals surface area (Å²) in [4.78, 5) is 25.8. The van der Waals surface area contributed by atoms with Crippen molar-refractivity contribution in [3.63, 3.8) is 0 Å². The summed E-state index contributed by atoms with van der Waals surface area (Å²) in [6.45, 7) is 8.36. The average Bonchev–Trinajstić information content (AvgIpc) is 3.39. The Morgan fingerprint density at radius 2 is 1.93 bits per heavy atom. The predicted molar refractivity (Wildman–Crippen MR) is 115 cm³/mol. The van der Waals surface area contributed by atoms with Gasteiger partial charge in [-0.05, 0) is 19.8 Å². The minimum Gasteiger partial charge on any atom is -0.356 e. The zero-order valence-corrected chi connectivity index (χ0v) is 18.1. The van der Waals surface area contributed by atoms with E-state index in [-0.39, 0.29) is 0 Å². The third kappa shape index (κ3) is 6.17. The number of thiazole rings is 1. The van der Waals surface area contributed by atoms with E-state index in [1.54, 1.807) is 18.4 Å². The SMILES string of the molecule is CN=C(NCCc1csc(C)n1)NCCN1CCN(C(=O)C2CCCC2)CC1. The number of piperazine rings is 1. The molecule has 1 saturated heterocycles. The van der Waals surface area contributed by atoms with Gasteiger partial charge in [0.25, 0.3) is 0 Å². The van der Waals surface area contributed by atoms with Gasteiger partial charge >= 0.3 is 0 Å². The molecule has 3 rings (SSSR count). The molecule has 1 aliphatic carbocycles. The van der Waals surface area contributed by atoms with Gasteiger partial charge in [-0.1, -0.05) is 12.8 Å². The van der Waals surface area contributed by atoms with Gasteiger partial charge in [-0.3, -0.25) is 14.7 Å². The summed E-state index contributed by atoms with van der Waals surface area (Å²) >= 11 is 1.69. The third-order valence-corrected chi connectivity index (χ3v) is 6.49. The van der Waals surface area contributed by atoms with Crippen molar-refractivity contribution in [3.8, 4) is 0 Å². The summed E-state index contributed by atoms with van der Waals surface area (Å²) < 4.78 is 0. The monoisotopic (exact) mass is 406 g/mol. The van der Waals surface area contributed by atoms with Gasteiger partial charge in [0.2, 0.25) is 5.91 Å². The Labute approximate surface area is 172 Å². The first kappa shape index (κ1) is 21.0. The van der Waals surface area contributed by atoms with Crippen molar-refractivity contribution in [3.05, 3.63) is 16.1 Å². The van der Waals surface area contributed by atoms with Crippen molar-refractivity contribution >= 4 is 23.2 Å². The van der Waals surface area contributed by atoms with Crippen LogP contribution in [0.1, 0.15) is 36.4 Å². The van der Waals surface area contributed by atoms with Crippen LogP contribution in [0.2, 0.25) is 0 Å². The first-order chi connectivity index (χ1) is 13.7. The van der Waals surface area contributed by atoms with Crippen molar-refractivity contribution in [2.45, 2.75) is 39.0 Å². The molecule has 7 nitrogen and oxygen atoms in total. The molecule has 2 fully saturated rings. The van der Waals surface area contributed by atoms with E-state index in [0.29, 0.717) is 11.8 Å². The lowest BCUT2D eigenvalue weighted by Crippen LogP contribution is -2.52. The summed E-state index contributed by atoms with van der Waals surface area (Å²) in [5.41, 5.74) is 1.13. The van der Waals surface area contributed by atoms with Gasteiger partial charge in [-0.2, -0.15) is 0 Å². The lowest BCUT2D eigenvalue weighted by molar-refractivity contribution is -0.137. The highest BCUT2D eigenvalue weighted by Crippen LogP contribution is 2.26. The summed E-state index contributed by atoms with van der Waals surface area (Å²) in [6, 6.07) is 0. The number of hydrogen-bond acceptors (Lipinski definition) is 5. The van der Waals surface area contributed by atoms with Crippen molar-refractivity contribution in [1.29, 1.82) is 0 Å². The molecule has 2 N–H and O–H groups in total. The van der Waals surface area contributed by atoms with Crippen LogP contribution in [0.25, 0.3) is 0 Å². The van der Waals surface area contributed by atoms with Gasteiger partial charge < -0.3 is 15.5 Å². The molecule has 8 heteroatoms. The van der Waals surface area contributed by atoms with E-state index in [1.807, 2.05) is 6.92 Å². The van der Waals surface area contributed by atoms with Crippen LogP contribution >= 0.6 is 11.3 Å². The number of rotatable bonds is 7. The van der Waals surface area contributed by atoms with E-state index >= 15 is 0 Å². The van der Waals surface area contributed by atoms with Crippen LogP contribution < -0.4 is 10.6 Å².